The average molecular weight is 383 g/mol. The molecule has 0 atom stereocenters. The molecular formula is C21H29N5O2. The van der Waals surface area contributed by atoms with Crippen molar-refractivity contribution in [2.75, 3.05) is 13.1 Å². The molecule has 0 spiro atoms. The van der Waals surface area contributed by atoms with E-state index in [4.69, 9.17) is 4.98 Å². The maximum atomic E-state index is 13.4. The summed E-state index contributed by atoms with van der Waals surface area (Å²) in [5.74, 6) is 0.600. The van der Waals surface area contributed by atoms with Crippen LogP contribution in [0.1, 0.15) is 67.2 Å². The van der Waals surface area contributed by atoms with Crippen LogP contribution in [0.25, 0.3) is 11.0 Å². The smallest absolute Gasteiger partial charge is 0.254 e. The number of rotatable bonds is 4. The van der Waals surface area contributed by atoms with Gasteiger partial charge in [-0.15, -0.1) is 0 Å². The third-order valence-electron chi connectivity index (χ3n) is 5.80. The van der Waals surface area contributed by atoms with Gasteiger partial charge in [0.15, 0.2) is 5.65 Å². The number of hydrogen-bond donors (Lipinski definition) is 1. The van der Waals surface area contributed by atoms with Gasteiger partial charge in [-0.25, -0.2) is 4.98 Å². The first kappa shape index (κ1) is 18.9. The number of likely N-dealkylation sites (tertiary alicyclic amines) is 1. The van der Waals surface area contributed by atoms with Crippen molar-refractivity contribution in [1.82, 2.24) is 25.0 Å². The van der Waals surface area contributed by atoms with Crippen molar-refractivity contribution in [3.63, 3.8) is 0 Å². The summed E-state index contributed by atoms with van der Waals surface area (Å²) in [6.45, 7) is 7.09. The van der Waals surface area contributed by atoms with E-state index in [0.29, 0.717) is 37.4 Å². The van der Waals surface area contributed by atoms with Crippen LogP contribution < -0.4 is 5.32 Å². The number of hydrogen-bond acceptors (Lipinski definition) is 4. The molecule has 0 aromatic carbocycles. The topological polar surface area (TPSA) is 80.1 Å². The summed E-state index contributed by atoms with van der Waals surface area (Å²) in [5, 5.41) is 8.34. The van der Waals surface area contributed by atoms with Crippen LogP contribution in [0, 0.1) is 12.8 Å². The van der Waals surface area contributed by atoms with Crippen LogP contribution in [0.5, 0.6) is 0 Å². The van der Waals surface area contributed by atoms with E-state index in [2.05, 4.69) is 10.4 Å². The molecule has 2 fully saturated rings. The Morgan fingerprint density at radius 2 is 1.86 bits per heavy atom. The van der Waals surface area contributed by atoms with Gasteiger partial charge in [0.2, 0.25) is 5.91 Å². The SMILES string of the molecule is Cc1nn(C)c2nc(C3CC3)cc(C(=O)N3CCC(C(=O)NC(C)C)CC3)c12. The van der Waals surface area contributed by atoms with Crippen molar-refractivity contribution < 1.29 is 9.59 Å². The predicted molar refractivity (Wildman–Crippen MR) is 107 cm³/mol. The highest BCUT2D eigenvalue weighted by Crippen LogP contribution is 2.40. The summed E-state index contributed by atoms with van der Waals surface area (Å²) in [6, 6.07) is 2.13. The van der Waals surface area contributed by atoms with Crippen LogP contribution in [-0.2, 0) is 11.8 Å². The van der Waals surface area contributed by atoms with Gasteiger partial charge in [0, 0.05) is 43.7 Å². The maximum Gasteiger partial charge on any atom is 0.254 e. The highest BCUT2D eigenvalue weighted by molar-refractivity contribution is 6.06. The van der Waals surface area contributed by atoms with E-state index in [1.54, 1.807) is 4.68 Å². The Kier molecular flexibility index (Phi) is 4.85. The van der Waals surface area contributed by atoms with Gasteiger partial charge in [-0.3, -0.25) is 14.3 Å². The lowest BCUT2D eigenvalue weighted by Gasteiger charge is -2.32. The number of pyridine rings is 1. The molecule has 1 saturated heterocycles. The summed E-state index contributed by atoms with van der Waals surface area (Å²) < 4.78 is 1.77. The summed E-state index contributed by atoms with van der Waals surface area (Å²) in [5.41, 5.74) is 3.34. The van der Waals surface area contributed by atoms with Crippen molar-refractivity contribution in [3.05, 3.63) is 23.0 Å². The van der Waals surface area contributed by atoms with E-state index < -0.39 is 0 Å². The number of amides is 2. The molecule has 1 saturated carbocycles. The van der Waals surface area contributed by atoms with Crippen LogP contribution in [0.4, 0.5) is 0 Å². The van der Waals surface area contributed by atoms with Crippen molar-refractivity contribution in [2.24, 2.45) is 13.0 Å². The first-order chi connectivity index (χ1) is 13.3. The van der Waals surface area contributed by atoms with Gasteiger partial charge in [0.1, 0.15) is 0 Å². The third-order valence-corrected chi connectivity index (χ3v) is 5.80. The maximum absolute atomic E-state index is 13.4. The fourth-order valence-corrected chi connectivity index (χ4v) is 4.14. The van der Waals surface area contributed by atoms with Crippen molar-refractivity contribution >= 4 is 22.8 Å². The van der Waals surface area contributed by atoms with Gasteiger partial charge >= 0.3 is 0 Å². The standard InChI is InChI=1S/C21H29N5O2/c1-12(2)22-20(27)15-7-9-26(10-8-15)21(28)16-11-17(14-5-6-14)23-19-18(16)13(3)24-25(19)4/h11-12,14-15H,5-10H2,1-4H3,(H,22,27). The van der Waals surface area contributed by atoms with Gasteiger partial charge in [-0.2, -0.15) is 5.10 Å². The highest BCUT2D eigenvalue weighted by atomic mass is 16.2. The zero-order chi connectivity index (χ0) is 20.0. The number of carbonyl (C=O) groups is 2. The first-order valence-corrected chi connectivity index (χ1v) is 10.3. The molecule has 7 nitrogen and oxygen atoms in total. The van der Waals surface area contributed by atoms with Crippen LogP contribution in [0.2, 0.25) is 0 Å². The third kappa shape index (κ3) is 3.50. The summed E-state index contributed by atoms with van der Waals surface area (Å²) >= 11 is 0. The largest absolute Gasteiger partial charge is 0.354 e. The van der Waals surface area contributed by atoms with Crippen molar-refractivity contribution in [1.29, 1.82) is 0 Å². The monoisotopic (exact) mass is 383 g/mol. The molecule has 28 heavy (non-hydrogen) atoms. The first-order valence-electron chi connectivity index (χ1n) is 10.3. The highest BCUT2D eigenvalue weighted by Gasteiger charge is 2.32. The van der Waals surface area contributed by atoms with Crippen LogP contribution >= 0.6 is 0 Å². The van der Waals surface area contributed by atoms with Crippen molar-refractivity contribution in [2.45, 2.75) is 58.4 Å². The molecule has 0 bridgehead atoms. The normalized spacial score (nSPS) is 18.1. The summed E-state index contributed by atoms with van der Waals surface area (Å²) in [4.78, 5) is 32.3. The van der Waals surface area contributed by atoms with E-state index in [9.17, 15) is 9.59 Å². The van der Waals surface area contributed by atoms with E-state index in [1.165, 1.54) is 0 Å². The van der Waals surface area contributed by atoms with Crippen LogP contribution in [-0.4, -0.2) is 50.6 Å². The fraction of sp³-hybridized carbons (Fsp3) is 0.619. The van der Waals surface area contributed by atoms with Crippen LogP contribution in [0.3, 0.4) is 0 Å². The molecular weight excluding hydrogens is 354 g/mol. The second-order valence-electron chi connectivity index (χ2n) is 8.51. The van der Waals surface area contributed by atoms with Crippen LogP contribution in [0.15, 0.2) is 6.07 Å². The average Bonchev–Trinajstić information content (AvgIpc) is 3.47. The Hall–Kier alpha value is -2.44. The van der Waals surface area contributed by atoms with E-state index in [0.717, 1.165) is 35.3 Å². The second kappa shape index (κ2) is 7.18. The minimum absolute atomic E-state index is 0.00828. The molecule has 1 N–H and O–H groups in total. The molecule has 2 aromatic rings. The zero-order valence-corrected chi connectivity index (χ0v) is 17.2. The van der Waals surface area contributed by atoms with E-state index in [1.807, 2.05) is 38.8 Å². The molecule has 4 rings (SSSR count). The zero-order valence-electron chi connectivity index (χ0n) is 17.2. The Labute approximate surface area is 165 Å². The number of aromatic nitrogens is 3. The lowest BCUT2D eigenvalue weighted by atomic mass is 9.94. The fourth-order valence-electron chi connectivity index (χ4n) is 4.14. The number of piperidine rings is 1. The summed E-state index contributed by atoms with van der Waals surface area (Å²) in [7, 11) is 1.88. The van der Waals surface area contributed by atoms with Gasteiger partial charge in [0.25, 0.3) is 5.91 Å². The minimum atomic E-state index is -0.00828. The Balaban J connectivity index is 1.57. The lowest BCUT2D eigenvalue weighted by molar-refractivity contribution is -0.126. The Morgan fingerprint density at radius 3 is 2.46 bits per heavy atom. The second-order valence-corrected chi connectivity index (χ2v) is 8.51. The molecule has 7 heteroatoms. The molecule has 3 heterocycles. The van der Waals surface area contributed by atoms with Gasteiger partial charge in [-0.05, 0) is 52.5 Å². The predicted octanol–water partition coefficient (Wildman–Crippen LogP) is 2.53. The Bertz CT molecular complexity index is 921. The number of carbonyl (C=O) groups excluding carboxylic acids is 2. The van der Waals surface area contributed by atoms with E-state index in [-0.39, 0.29) is 23.8 Å². The molecule has 0 unspecified atom stereocenters. The minimum Gasteiger partial charge on any atom is -0.354 e. The lowest BCUT2D eigenvalue weighted by Crippen LogP contribution is -2.44. The molecule has 1 aliphatic heterocycles. The van der Waals surface area contributed by atoms with Crippen molar-refractivity contribution in [3.8, 4) is 0 Å². The molecule has 2 aromatic heterocycles. The number of fused-ring (bicyclic) bond motifs is 1. The number of nitrogens with zero attached hydrogens (tertiary/aromatic N) is 4. The Morgan fingerprint density at radius 1 is 1.18 bits per heavy atom. The molecule has 2 amide bonds. The summed E-state index contributed by atoms with van der Waals surface area (Å²) in [6.07, 6.45) is 3.69. The quantitative estimate of drug-likeness (QED) is 0.880. The molecule has 1 aliphatic carbocycles. The number of aryl methyl sites for hydroxylation is 2. The van der Waals surface area contributed by atoms with Gasteiger partial charge in [0.05, 0.1) is 16.6 Å². The molecule has 2 aliphatic rings. The molecule has 150 valence electrons. The van der Waals surface area contributed by atoms with E-state index >= 15 is 0 Å². The van der Waals surface area contributed by atoms with Gasteiger partial charge in [-0.1, -0.05) is 0 Å². The van der Waals surface area contributed by atoms with Gasteiger partial charge < -0.3 is 10.2 Å². The number of nitrogens with one attached hydrogen (secondary N) is 1. The molecule has 0 radical (unpaired) electrons.